The molecule has 0 saturated heterocycles. The summed E-state index contributed by atoms with van der Waals surface area (Å²) in [5.41, 5.74) is 5.90. The van der Waals surface area contributed by atoms with Gasteiger partial charge >= 0.3 is 0 Å². The zero-order valence-electron chi connectivity index (χ0n) is 15.0. The van der Waals surface area contributed by atoms with E-state index in [-0.39, 0.29) is 12.0 Å². The van der Waals surface area contributed by atoms with Gasteiger partial charge in [0.15, 0.2) is 11.5 Å². The van der Waals surface area contributed by atoms with Gasteiger partial charge in [-0.15, -0.1) is 0 Å². The zero-order chi connectivity index (χ0) is 17.8. The Labute approximate surface area is 147 Å². The Morgan fingerprint density at radius 3 is 2.28 bits per heavy atom. The summed E-state index contributed by atoms with van der Waals surface area (Å²) < 4.78 is 11.0. The van der Waals surface area contributed by atoms with Crippen molar-refractivity contribution < 1.29 is 14.6 Å². The van der Waals surface area contributed by atoms with E-state index in [1.807, 2.05) is 12.1 Å². The van der Waals surface area contributed by atoms with E-state index in [1.54, 1.807) is 14.2 Å². The Hall–Kier alpha value is -2.52. The van der Waals surface area contributed by atoms with E-state index >= 15 is 0 Å². The molecule has 0 aliphatic heterocycles. The molecular formula is C22H22O3. The first-order valence-electron chi connectivity index (χ1n) is 8.45. The first-order valence-corrected chi connectivity index (χ1v) is 8.45. The summed E-state index contributed by atoms with van der Waals surface area (Å²) in [6.45, 7) is 4.54. The second-order valence-corrected chi connectivity index (χ2v) is 7.08. The molecule has 1 N–H and O–H groups in total. The normalized spacial score (nSPS) is 14.3. The summed E-state index contributed by atoms with van der Waals surface area (Å²) in [5.74, 6) is 1.48. The summed E-state index contributed by atoms with van der Waals surface area (Å²) in [5, 5.41) is 11.8. The van der Waals surface area contributed by atoms with Gasteiger partial charge in [-0.05, 0) is 50.7 Å². The van der Waals surface area contributed by atoms with Crippen LogP contribution in [0.25, 0.3) is 21.9 Å². The van der Waals surface area contributed by atoms with Crippen molar-refractivity contribution >= 4 is 10.8 Å². The predicted molar refractivity (Wildman–Crippen MR) is 101 cm³/mol. The largest absolute Gasteiger partial charge is 0.493 e. The molecule has 3 aromatic carbocycles. The van der Waals surface area contributed by atoms with E-state index < -0.39 is 0 Å². The maximum absolute atomic E-state index is 9.52. The van der Waals surface area contributed by atoms with Crippen LogP contribution in [-0.2, 0) is 12.0 Å². The third kappa shape index (κ3) is 2.16. The molecule has 0 heterocycles. The van der Waals surface area contributed by atoms with Crippen molar-refractivity contribution in [3.63, 3.8) is 0 Å². The van der Waals surface area contributed by atoms with Crippen LogP contribution in [0.4, 0.5) is 0 Å². The number of benzene rings is 3. The molecule has 0 atom stereocenters. The Bertz CT molecular complexity index is 986. The third-order valence-electron chi connectivity index (χ3n) is 5.41. The van der Waals surface area contributed by atoms with Crippen molar-refractivity contribution in [3.05, 3.63) is 59.2 Å². The molecule has 3 aromatic rings. The molecule has 1 aliphatic carbocycles. The molecule has 0 spiro atoms. The number of methoxy groups -OCH3 is 2. The standard InChI is InChI=1S/C22H22O3/c1-22(2)17-8-6-14-10-19(24-3)20(25-4)11-16(14)21(17)15-7-5-13(12-23)9-18(15)22/h5-11,23H,12H2,1-4H3. The van der Waals surface area contributed by atoms with Crippen LogP contribution in [0.15, 0.2) is 42.5 Å². The Morgan fingerprint density at radius 2 is 1.60 bits per heavy atom. The lowest BCUT2D eigenvalue weighted by Gasteiger charge is -2.22. The van der Waals surface area contributed by atoms with E-state index in [0.717, 1.165) is 22.4 Å². The highest BCUT2D eigenvalue weighted by atomic mass is 16.5. The van der Waals surface area contributed by atoms with Crippen LogP contribution in [0.3, 0.4) is 0 Å². The maximum atomic E-state index is 9.52. The third-order valence-corrected chi connectivity index (χ3v) is 5.41. The molecule has 3 heteroatoms. The number of ether oxygens (including phenoxy) is 2. The zero-order valence-corrected chi connectivity index (χ0v) is 15.0. The minimum Gasteiger partial charge on any atom is -0.493 e. The smallest absolute Gasteiger partial charge is 0.161 e. The van der Waals surface area contributed by atoms with Crippen molar-refractivity contribution in [2.45, 2.75) is 25.9 Å². The molecule has 0 saturated carbocycles. The number of hydrogen-bond donors (Lipinski definition) is 1. The molecule has 25 heavy (non-hydrogen) atoms. The topological polar surface area (TPSA) is 38.7 Å². The first-order chi connectivity index (χ1) is 12.0. The van der Waals surface area contributed by atoms with Crippen molar-refractivity contribution in [2.75, 3.05) is 14.2 Å². The summed E-state index contributed by atoms with van der Waals surface area (Å²) in [6, 6.07) is 14.7. The molecule has 0 unspecified atom stereocenters. The fourth-order valence-corrected chi connectivity index (χ4v) is 4.03. The summed E-state index contributed by atoms with van der Waals surface area (Å²) in [6.07, 6.45) is 0. The van der Waals surface area contributed by atoms with Crippen LogP contribution < -0.4 is 9.47 Å². The van der Waals surface area contributed by atoms with Crippen LogP contribution in [0.5, 0.6) is 11.5 Å². The van der Waals surface area contributed by atoms with Crippen LogP contribution in [0, 0.1) is 0 Å². The van der Waals surface area contributed by atoms with Crippen molar-refractivity contribution in [1.29, 1.82) is 0 Å². The van der Waals surface area contributed by atoms with Gasteiger partial charge in [-0.1, -0.05) is 44.2 Å². The molecule has 0 aromatic heterocycles. The number of rotatable bonds is 3. The predicted octanol–water partition coefficient (Wildman–Crippen LogP) is 4.66. The molecule has 3 nitrogen and oxygen atoms in total. The van der Waals surface area contributed by atoms with Crippen LogP contribution in [-0.4, -0.2) is 19.3 Å². The van der Waals surface area contributed by atoms with Gasteiger partial charge < -0.3 is 14.6 Å². The lowest BCUT2D eigenvalue weighted by Crippen LogP contribution is -2.15. The van der Waals surface area contributed by atoms with Gasteiger partial charge in [-0.25, -0.2) is 0 Å². The van der Waals surface area contributed by atoms with Gasteiger partial charge in [-0.3, -0.25) is 0 Å². The second-order valence-electron chi connectivity index (χ2n) is 7.08. The monoisotopic (exact) mass is 334 g/mol. The molecule has 0 fully saturated rings. The minimum absolute atomic E-state index is 0.0610. The van der Waals surface area contributed by atoms with E-state index in [1.165, 1.54) is 27.6 Å². The van der Waals surface area contributed by atoms with Crippen molar-refractivity contribution in [2.24, 2.45) is 0 Å². The lowest BCUT2D eigenvalue weighted by atomic mass is 9.81. The average Bonchev–Trinajstić information content (AvgIpc) is 2.87. The Kier molecular flexibility index (Phi) is 3.51. The van der Waals surface area contributed by atoms with E-state index in [2.05, 4.69) is 44.2 Å². The highest BCUT2D eigenvalue weighted by Crippen LogP contribution is 2.52. The van der Waals surface area contributed by atoms with Gasteiger partial charge in [0, 0.05) is 5.41 Å². The van der Waals surface area contributed by atoms with Gasteiger partial charge in [0.2, 0.25) is 0 Å². The average molecular weight is 334 g/mol. The van der Waals surface area contributed by atoms with Crippen molar-refractivity contribution in [3.8, 4) is 22.6 Å². The first kappa shape index (κ1) is 16.0. The van der Waals surface area contributed by atoms with E-state index in [0.29, 0.717) is 0 Å². The fraction of sp³-hybridized carbons (Fsp3) is 0.273. The number of aliphatic hydroxyl groups is 1. The van der Waals surface area contributed by atoms with Crippen LogP contribution in [0.2, 0.25) is 0 Å². The quantitative estimate of drug-likeness (QED) is 0.757. The highest BCUT2D eigenvalue weighted by molar-refractivity contribution is 6.03. The molecule has 0 bridgehead atoms. The molecule has 1 aliphatic rings. The number of fused-ring (bicyclic) bond motifs is 5. The Morgan fingerprint density at radius 1 is 0.880 bits per heavy atom. The number of aliphatic hydroxyl groups excluding tert-OH is 1. The molecule has 128 valence electrons. The van der Waals surface area contributed by atoms with Crippen LogP contribution in [0.1, 0.15) is 30.5 Å². The van der Waals surface area contributed by atoms with Gasteiger partial charge in [0.1, 0.15) is 0 Å². The summed E-state index contributed by atoms with van der Waals surface area (Å²) in [4.78, 5) is 0. The SMILES string of the molecule is COc1cc2ccc3c(c2cc1OC)-c1ccc(CO)cc1C3(C)C. The van der Waals surface area contributed by atoms with Gasteiger partial charge in [-0.2, -0.15) is 0 Å². The molecule has 4 rings (SSSR count). The molecular weight excluding hydrogens is 312 g/mol. The molecule has 0 radical (unpaired) electrons. The summed E-state index contributed by atoms with van der Waals surface area (Å²) in [7, 11) is 3.32. The van der Waals surface area contributed by atoms with Crippen LogP contribution >= 0.6 is 0 Å². The Balaban J connectivity index is 2.09. The maximum Gasteiger partial charge on any atom is 0.161 e. The minimum atomic E-state index is -0.100. The fourth-order valence-electron chi connectivity index (χ4n) is 4.03. The summed E-state index contributed by atoms with van der Waals surface area (Å²) >= 11 is 0. The van der Waals surface area contributed by atoms with E-state index in [4.69, 9.17) is 9.47 Å². The van der Waals surface area contributed by atoms with E-state index in [9.17, 15) is 5.11 Å². The lowest BCUT2D eigenvalue weighted by molar-refractivity contribution is 0.281. The number of hydrogen-bond acceptors (Lipinski definition) is 3. The van der Waals surface area contributed by atoms with Gasteiger partial charge in [0.05, 0.1) is 20.8 Å². The second kappa shape index (κ2) is 5.50. The molecule has 0 amide bonds. The van der Waals surface area contributed by atoms with Gasteiger partial charge in [0.25, 0.3) is 0 Å². The highest BCUT2D eigenvalue weighted by Gasteiger charge is 2.36. The van der Waals surface area contributed by atoms with Crippen molar-refractivity contribution in [1.82, 2.24) is 0 Å².